The van der Waals surface area contributed by atoms with Crippen LogP contribution in [-0.2, 0) is 4.74 Å². The number of rotatable bonds is 8. The van der Waals surface area contributed by atoms with E-state index >= 15 is 0 Å². The third-order valence-electron chi connectivity index (χ3n) is 3.02. The number of hydrogen-bond donors (Lipinski definition) is 1. The Hall–Kier alpha value is -1.27. The van der Waals surface area contributed by atoms with Crippen LogP contribution < -0.4 is 5.32 Å². The molecule has 0 fully saturated rings. The number of nitrogens with one attached hydrogen (secondary N) is 1. The maximum atomic E-state index is 11.5. The first-order valence-electron chi connectivity index (χ1n) is 7.70. The van der Waals surface area contributed by atoms with E-state index in [-0.39, 0.29) is 0 Å². The van der Waals surface area contributed by atoms with Crippen molar-refractivity contribution in [3.05, 3.63) is 18.2 Å². The Kier molecular flexibility index (Phi) is 6.99. The molecular formula is C16H22N2O2S2. The van der Waals surface area contributed by atoms with Gasteiger partial charge in [-0.15, -0.1) is 11.8 Å². The van der Waals surface area contributed by atoms with Crippen LogP contribution in [0.1, 0.15) is 39.5 Å². The number of ether oxygens (including phenoxy) is 1. The van der Waals surface area contributed by atoms with Crippen molar-refractivity contribution < 1.29 is 9.53 Å². The van der Waals surface area contributed by atoms with E-state index in [2.05, 4.69) is 29.4 Å². The van der Waals surface area contributed by atoms with Crippen LogP contribution in [0.15, 0.2) is 23.1 Å². The molecule has 2 aromatic rings. The second kappa shape index (κ2) is 9.00. The molecule has 4 nitrogen and oxygen atoms in total. The van der Waals surface area contributed by atoms with Crippen molar-refractivity contribution in [1.82, 2.24) is 4.98 Å². The lowest BCUT2D eigenvalue weighted by molar-refractivity contribution is 0.161. The van der Waals surface area contributed by atoms with Gasteiger partial charge in [0.2, 0.25) is 0 Å². The Bertz CT molecular complexity index is 613. The number of fused-ring (bicyclic) bond motifs is 1. The zero-order chi connectivity index (χ0) is 15.8. The fourth-order valence-corrected chi connectivity index (χ4v) is 3.82. The summed E-state index contributed by atoms with van der Waals surface area (Å²) in [5.74, 6) is 1.15. The number of anilines is 1. The quantitative estimate of drug-likeness (QED) is 0.507. The first kappa shape index (κ1) is 17.1. The molecule has 1 heterocycles. The zero-order valence-corrected chi connectivity index (χ0v) is 14.7. The number of amides is 1. The van der Waals surface area contributed by atoms with E-state index in [9.17, 15) is 4.79 Å². The molecule has 2 rings (SSSR count). The highest BCUT2D eigenvalue weighted by Crippen LogP contribution is 2.30. The molecular weight excluding hydrogens is 316 g/mol. The van der Waals surface area contributed by atoms with Crippen LogP contribution in [0, 0.1) is 0 Å². The number of nitrogens with zero attached hydrogens (tertiary/aromatic N) is 1. The monoisotopic (exact) mass is 338 g/mol. The Morgan fingerprint density at radius 3 is 2.95 bits per heavy atom. The average molecular weight is 338 g/mol. The Balaban J connectivity index is 1.96. The lowest BCUT2D eigenvalue weighted by atomic mass is 10.3. The van der Waals surface area contributed by atoms with Gasteiger partial charge in [0, 0.05) is 4.90 Å². The molecule has 1 aromatic heterocycles. The Morgan fingerprint density at radius 1 is 1.32 bits per heavy atom. The molecule has 120 valence electrons. The van der Waals surface area contributed by atoms with Gasteiger partial charge < -0.3 is 4.74 Å². The highest BCUT2D eigenvalue weighted by atomic mass is 32.2. The first-order valence-corrected chi connectivity index (χ1v) is 9.50. The van der Waals surface area contributed by atoms with Crippen molar-refractivity contribution in [3.63, 3.8) is 0 Å². The molecule has 0 bridgehead atoms. The van der Waals surface area contributed by atoms with Crippen molar-refractivity contribution in [2.45, 2.75) is 44.4 Å². The van der Waals surface area contributed by atoms with Crippen LogP contribution in [0.4, 0.5) is 9.93 Å². The van der Waals surface area contributed by atoms with E-state index in [1.165, 1.54) is 35.5 Å². The largest absolute Gasteiger partial charge is 0.449 e. The molecule has 0 saturated carbocycles. The van der Waals surface area contributed by atoms with Crippen LogP contribution in [0.5, 0.6) is 0 Å². The van der Waals surface area contributed by atoms with Gasteiger partial charge in [0.15, 0.2) is 5.13 Å². The summed E-state index contributed by atoms with van der Waals surface area (Å²) in [6.45, 7) is 4.61. The molecule has 22 heavy (non-hydrogen) atoms. The van der Waals surface area contributed by atoms with Crippen LogP contribution in [0.3, 0.4) is 0 Å². The molecule has 0 radical (unpaired) electrons. The number of hydrogen-bond acceptors (Lipinski definition) is 5. The summed E-state index contributed by atoms with van der Waals surface area (Å²) >= 11 is 3.36. The summed E-state index contributed by atoms with van der Waals surface area (Å²) in [6, 6.07) is 6.25. The zero-order valence-electron chi connectivity index (χ0n) is 13.1. The average Bonchev–Trinajstić information content (AvgIpc) is 2.91. The standard InChI is InChI=1S/C16H22N2O2S2/c1-3-5-6-10-21-12-7-8-13-14(11-12)22-15(17-13)18-16(19)20-9-4-2/h7-8,11H,3-6,9-10H2,1-2H3,(H,17,18,19). The van der Waals surface area contributed by atoms with E-state index < -0.39 is 6.09 Å². The van der Waals surface area contributed by atoms with Gasteiger partial charge in [-0.25, -0.2) is 9.78 Å². The number of benzene rings is 1. The SMILES string of the molecule is CCCCCSc1ccc2nc(NC(=O)OCCC)sc2c1. The highest BCUT2D eigenvalue weighted by molar-refractivity contribution is 7.99. The van der Waals surface area contributed by atoms with E-state index in [1.807, 2.05) is 24.8 Å². The van der Waals surface area contributed by atoms with E-state index in [0.717, 1.165) is 22.4 Å². The summed E-state index contributed by atoms with van der Waals surface area (Å²) in [5, 5.41) is 3.27. The Morgan fingerprint density at radius 2 is 2.18 bits per heavy atom. The van der Waals surface area contributed by atoms with Crippen molar-refractivity contribution in [1.29, 1.82) is 0 Å². The summed E-state index contributed by atoms with van der Waals surface area (Å²) in [7, 11) is 0. The second-order valence-electron chi connectivity index (χ2n) is 4.97. The molecule has 0 spiro atoms. The molecule has 0 saturated heterocycles. The van der Waals surface area contributed by atoms with Gasteiger partial charge in [0.05, 0.1) is 16.8 Å². The molecule has 1 aromatic carbocycles. The summed E-state index contributed by atoms with van der Waals surface area (Å²) in [4.78, 5) is 17.2. The molecule has 0 unspecified atom stereocenters. The molecule has 0 aliphatic rings. The number of carbonyl (C=O) groups excluding carboxylic acids is 1. The number of carbonyl (C=O) groups is 1. The maximum Gasteiger partial charge on any atom is 0.413 e. The molecule has 0 aliphatic carbocycles. The topological polar surface area (TPSA) is 51.2 Å². The smallest absolute Gasteiger partial charge is 0.413 e. The summed E-state index contributed by atoms with van der Waals surface area (Å²) in [5.41, 5.74) is 0.911. The lowest BCUT2D eigenvalue weighted by Crippen LogP contribution is -2.13. The molecule has 0 aliphatic heterocycles. The van der Waals surface area contributed by atoms with Crippen molar-refractivity contribution >= 4 is 44.5 Å². The molecule has 0 atom stereocenters. The normalized spacial score (nSPS) is 10.8. The third-order valence-corrected chi connectivity index (χ3v) is 5.04. The minimum Gasteiger partial charge on any atom is -0.449 e. The van der Waals surface area contributed by atoms with Crippen LogP contribution >= 0.6 is 23.1 Å². The van der Waals surface area contributed by atoms with E-state index in [4.69, 9.17) is 4.74 Å². The Labute approximate surface area is 139 Å². The van der Waals surface area contributed by atoms with Crippen molar-refractivity contribution in [2.75, 3.05) is 17.7 Å². The van der Waals surface area contributed by atoms with Gasteiger partial charge in [-0.2, -0.15) is 0 Å². The summed E-state index contributed by atoms with van der Waals surface area (Å²) in [6.07, 6.45) is 4.15. The third kappa shape index (κ3) is 5.18. The van der Waals surface area contributed by atoms with Crippen molar-refractivity contribution in [3.8, 4) is 0 Å². The first-order chi connectivity index (χ1) is 10.7. The van der Waals surface area contributed by atoms with Crippen LogP contribution in [0.25, 0.3) is 10.2 Å². The number of aromatic nitrogens is 1. The van der Waals surface area contributed by atoms with Gasteiger partial charge in [-0.05, 0) is 36.8 Å². The van der Waals surface area contributed by atoms with Crippen LogP contribution in [0.2, 0.25) is 0 Å². The van der Waals surface area contributed by atoms with Gasteiger partial charge in [0.1, 0.15) is 0 Å². The number of thiazole rings is 1. The minimum absolute atomic E-state index is 0.426. The van der Waals surface area contributed by atoms with E-state index in [0.29, 0.717) is 11.7 Å². The maximum absolute atomic E-state index is 11.5. The lowest BCUT2D eigenvalue weighted by Gasteiger charge is -2.01. The molecule has 1 amide bonds. The predicted octanol–water partition coefficient (Wildman–Crippen LogP) is 5.54. The minimum atomic E-state index is -0.435. The fraction of sp³-hybridized carbons (Fsp3) is 0.500. The predicted molar refractivity (Wildman–Crippen MR) is 95.1 cm³/mol. The van der Waals surface area contributed by atoms with Crippen LogP contribution in [-0.4, -0.2) is 23.4 Å². The molecule has 1 N–H and O–H groups in total. The van der Waals surface area contributed by atoms with Gasteiger partial charge in [-0.3, -0.25) is 5.32 Å². The molecule has 6 heteroatoms. The van der Waals surface area contributed by atoms with Gasteiger partial charge in [-0.1, -0.05) is 38.0 Å². The summed E-state index contributed by atoms with van der Waals surface area (Å²) < 4.78 is 6.09. The van der Waals surface area contributed by atoms with Crippen molar-refractivity contribution in [2.24, 2.45) is 0 Å². The fourth-order valence-electron chi connectivity index (χ4n) is 1.91. The van der Waals surface area contributed by atoms with Gasteiger partial charge in [0.25, 0.3) is 0 Å². The second-order valence-corrected chi connectivity index (χ2v) is 7.16. The van der Waals surface area contributed by atoms with Gasteiger partial charge >= 0.3 is 6.09 Å². The number of unbranched alkanes of at least 4 members (excludes halogenated alkanes) is 2. The number of thioether (sulfide) groups is 1. The van der Waals surface area contributed by atoms with E-state index in [1.54, 1.807) is 0 Å². The highest BCUT2D eigenvalue weighted by Gasteiger charge is 2.09.